The van der Waals surface area contributed by atoms with Gasteiger partial charge in [0.2, 0.25) is 0 Å². The largest absolute Gasteiger partial charge is 0.384 e. The minimum absolute atomic E-state index is 0.219. The van der Waals surface area contributed by atoms with Crippen LogP contribution < -0.4 is 11.1 Å². The summed E-state index contributed by atoms with van der Waals surface area (Å²) >= 11 is 0. The zero-order valence-corrected chi connectivity index (χ0v) is 9.77. The highest BCUT2D eigenvalue weighted by Crippen LogP contribution is 2.32. The van der Waals surface area contributed by atoms with Crippen molar-refractivity contribution in [2.75, 3.05) is 0 Å². The molecule has 82 valence electrons. The van der Waals surface area contributed by atoms with Crippen LogP contribution in [0, 0.1) is 5.92 Å². The third-order valence-corrected chi connectivity index (χ3v) is 2.40. The summed E-state index contributed by atoms with van der Waals surface area (Å²) in [5.41, 5.74) is 7.14. The van der Waals surface area contributed by atoms with E-state index in [1.54, 1.807) is 0 Å². The number of allylic oxidation sites excluding steroid dienone is 1. The second-order valence-electron chi connectivity index (χ2n) is 4.65. The molecule has 1 aliphatic rings. The van der Waals surface area contributed by atoms with Gasteiger partial charge in [0.05, 0.1) is 0 Å². The lowest BCUT2D eigenvalue weighted by molar-refractivity contribution is 0.421. The van der Waals surface area contributed by atoms with Crippen LogP contribution in [-0.2, 0) is 0 Å². The van der Waals surface area contributed by atoms with Crippen molar-refractivity contribution in [1.29, 1.82) is 0 Å². The average molecular weight is 196 g/mol. The highest BCUT2D eigenvalue weighted by Gasteiger charge is 2.33. The highest BCUT2D eigenvalue weighted by atomic mass is 15.0. The molecule has 0 amide bonds. The Balaban J connectivity index is 0.000000791. The number of nitrogens with two attached hydrogens (primary N) is 1. The molecule has 0 radical (unpaired) electrons. The van der Waals surface area contributed by atoms with Gasteiger partial charge in [0, 0.05) is 23.2 Å². The Bertz CT molecular complexity index is 194. The van der Waals surface area contributed by atoms with Gasteiger partial charge < -0.3 is 11.1 Å². The van der Waals surface area contributed by atoms with Gasteiger partial charge in [-0.25, -0.2) is 0 Å². The van der Waals surface area contributed by atoms with Gasteiger partial charge in [0.15, 0.2) is 0 Å². The van der Waals surface area contributed by atoms with Crippen LogP contribution in [0.15, 0.2) is 25.4 Å². The van der Waals surface area contributed by atoms with Crippen LogP contribution in [-0.4, -0.2) is 11.6 Å². The molecule has 0 aromatic carbocycles. The van der Waals surface area contributed by atoms with Gasteiger partial charge in [-0.1, -0.05) is 6.58 Å². The standard InChI is InChI=1S/C10H20N2.C2H4/c1-7(11)5-9-6-10(3,4)12-8(9)2;1-2/h7,9,12H,2,5-6,11H2,1,3-4H3;1-2H2. The van der Waals surface area contributed by atoms with Crippen LogP contribution in [0.5, 0.6) is 0 Å². The van der Waals surface area contributed by atoms with Crippen molar-refractivity contribution in [3.63, 3.8) is 0 Å². The molecule has 2 atom stereocenters. The van der Waals surface area contributed by atoms with E-state index in [1.807, 2.05) is 0 Å². The molecule has 2 nitrogen and oxygen atoms in total. The molecule has 3 N–H and O–H groups in total. The van der Waals surface area contributed by atoms with E-state index in [0.29, 0.717) is 5.92 Å². The second kappa shape index (κ2) is 5.20. The predicted octanol–water partition coefficient (Wildman–Crippen LogP) is 2.43. The molecule has 0 aliphatic carbocycles. The summed E-state index contributed by atoms with van der Waals surface area (Å²) in [4.78, 5) is 0. The van der Waals surface area contributed by atoms with E-state index in [-0.39, 0.29) is 11.6 Å². The molecular formula is C12H24N2. The molecule has 0 saturated carbocycles. The fourth-order valence-corrected chi connectivity index (χ4v) is 2.00. The Morgan fingerprint density at radius 3 is 2.36 bits per heavy atom. The first-order valence-electron chi connectivity index (χ1n) is 5.13. The zero-order valence-electron chi connectivity index (χ0n) is 9.77. The predicted molar refractivity (Wildman–Crippen MR) is 64.0 cm³/mol. The zero-order chi connectivity index (χ0) is 11.4. The topological polar surface area (TPSA) is 38.0 Å². The molecule has 1 fully saturated rings. The number of hydrogen-bond acceptors (Lipinski definition) is 2. The molecule has 14 heavy (non-hydrogen) atoms. The van der Waals surface area contributed by atoms with Crippen LogP contribution in [0.4, 0.5) is 0 Å². The lowest BCUT2D eigenvalue weighted by atomic mass is 9.91. The summed E-state index contributed by atoms with van der Waals surface area (Å²) in [6.45, 7) is 16.5. The summed E-state index contributed by atoms with van der Waals surface area (Å²) in [6, 6.07) is 0.280. The van der Waals surface area contributed by atoms with Crippen molar-refractivity contribution in [2.45, 2.75) is 45.2 Å². The summed E-state index contributed by atoms with van der Waals surface area (Å²) in [7, 11) is 0. The quantitative estimate of drug-likeness (QED) is 0.666. The molecule has 0 aromatic rings. The molecule has 0 bridgehead atoms. The van der Waals surface area contributed by atoms with Crippen LogP contribution in [0.25, 0.3) is 0 Å². The van der Waals surface area contributed by atoms with Gasteiger partial charge in [-0.05, 0) is 33.6 Å². The van der Waals surface area contributed by atoms with Gasteiger partial charge in [-0.15, -0.1) is 13.2 Å². The van der Waals surface area contributed by atoms with Crippen molar-refractivity contribution < 1.29 is 0 Å². The molecule has 2 heteroatoms. The monoisotopic (exact) mass is 196 g/mol. The van der Waals surface area contributed by atoms with Crippen molar-refractivity contribution >= 4 is 0 Å². The van der Waals surface area contributed by atoms with E-state index in [9.17, 15) is 0 Å². The van der Waals surface area contributed by atoms with Crippen molar-refractivity contribution in [1.82, 2.24) is 5.32 Å². The number of rotatable bonds is 2. The number of nitrogens with one attached hydrogen (secondary N) is 1. The molecule has 0 spiro atoms. The summed E-state index contributed by atoms with van der Waals surface area (Å²) in [5.74, 6) is 0.569. The maximum absolute atomic E-state index is 5.75. The Labute approximate surface area is 88.3 Å². The Morgan fingerprint density at radius 2 is 2.07 bits per heavy atom. The first kappa shape index (κ1) is 13.2. The van der Waals surface area contributed by atoms with Crippen molar-refractivity contribution in [2.24, 2.45) is 11.7 Å². The smallest absolute Gasteiger partial charge is 0.0320 e. The SMILES string of the molecule is C=C.C=C1NC(C)(C)CC1CC(C)N. The van der Waals surface area contributed by atoms with E-state index < -0.39 is 0 Å². The van der Waals surface area contributed by atoms with Gasteiger partial charge in [0.25, 0.3) is 0 Å². The molecular weight excluding hydrogens is 172 g/mol. The van der Waals surface area contributed by atoms with Gasteiger partial charge in [-0.2, -0.15) is 0 Å². The first-order chi connectivity index (χ1) is 6.41. The maximum Gasteiger partial charge on any atom is 0.0320 e. The normalized spacial score (nSPS) is 26.0. The van der Waals surface area contributed by atoms with Crippen LogP contribution in [0.2, 0.25) is 0 Å². The summed E-state index contributed by atoms with van der Waals surface area (Å²) < 4.78 is 0. The van der Waals surface area contributed by atoms with E-state index in [1.165, 1.54) is 0 Å². The highest BCUT2D eigenvalue weighted by molar-refractivity contribution is 5.11. The van der Waals surface area contributed by atoms with Gasteiger partial charge in [0.1, 0.15) is 0 Å². The van der Waals surface area contributed by atoms with Crippen LogP contribution in [0.1, 0.15) is 33.6 Å². The first-order valence-corrected chi connectivity index (χ1v) is 5.13. The maximum atomic E-state index is 5.75. The minimum Gasteiger partial charge on any atom is -0.384 e. The molecule has 0 aromatic heterocycles. The van der Waals surface area contributed by atoms with Crippen LogP contribution >= 0.6 is 0 Å². The fourth-order valence-electron chi connectivity index (χ4n) is 2.00. The van der Waals surface area contributed by atoms with Crippen molar-refractivity contribution in [3.8, 4) is 0 Å². The molecule has 1 heterocycles. The Hall–Kier alpha value is -0.760. The lowest BCUT2D eigenvalue weighted by Crippen LogP contribution is -2.30. The number of hydrogen-bond donors (Lipinski definition) is 2. The van der Waals surface area contributed by atoms with Crippen LogP contribution in [0.3, 0.4) is 0 Å². The third kappa shape index (κ3) is 3.97. The third-order valence-electron chi connectivity index (χ3n) is 2.40. The van der Waals surface area contributed by atoms with E-state index in [4.69, 9.17) is 5.73 Å². The Morgan fingerprint density at radius 1 is 1.57 bits per heavy atom. The molecule has 1 saturated heterocycles. The lowest BCUT2D eigenvalue weighted by Gasteiger charge is -2.17. The van der Waals surface area contributed by atoms with E-state index in [0.717, 1.165) is 18.5 Å². The van der Waals surface area contributed by atoms with E-state index >= 15 is 0 Å². The summed E-state index contributed by atoms with van der Waals surface area (Å²) in [5, 5.41) is 3.40. The van der Waals surface area contributed by atoms with E-state index in [2.05, 4.69) is 45.8 Å². The Kier molecular flexibility index (Phi) is 4.92. The molecule has 1 aliphatic heterocycles. The van der Waals surface area contributed by atoms with Crippen molar-refractivity contribution in [3.05, 3.63) is 25.4 Å². The minimum atomic E-state index is 0.219. The molecule has 1 rings (SSSR count). The summed E-state index contributed by atoms with van der Waals surface area (Å²) in [6.07, 6.45) is 2.21. The van der Waals surface area contributed by atoms with Gasteiger partial charge in [-0.3, -0.25) is 0 Å². The van der Waals surface area contributed by atoms with Gasteiger partial charge >= 0.3 is 0 Å². The average Bonchev–Trinajstić information content (AvgIpc) is 2.27. The fraction of sp³-hybridized carbons (Fsp3) is 0.667. The second-order valence-corrected chi connectivity index (χ2v) is 4.65. The molecule has 2 unspecified atom stereocenters.